The zero-order chi connectivity index (χ0) is 44.2. The molecular formula is C44H53N7O9S2. The number of nitrogens with one attached hydrogen (secondary N) is 3. The molecule has 1 saturated heterocycles. The Labute approximate surface area is 368 Å². The fraction of sp³-hybridized carbons (Fsp3) is 0.455. The van der Waals surface area contributed by atoms with Crippen molar-refractivity contribution in [3.63, 3.8) is 0 Å². The van der Waals surface area contributed by atoms with E-state index in [2.05, 4.69) is 32.8 Å². The maximum absolute atomic E-state index is 14.1. The number of ether oxygens (including phenoxy) is 4. The third kappa shape index (κ3) is 9.76. The molecule has 3 aliphatic heterocycles. The summed E-state index contributed by atoms with van der Waals surface area (Å²) in [5, 5.41) is 9.23. The number of aromatic nitrogens is 2. The monoisotopic (exact) mass is 887 g/mol. The third-order valence-corrected chi connectivity index (χ3v) is 13.4. The van der Waals surface area contributed by atoms with Crippen molar-refractivity contribution in [1.82, 2.24) is 25.1 Å². The van der Waals surface area contributed by atoms with Gasteiger partial charge in [-0.05, 0) is 94.8 Å². The van der Waals surface area contributed by atoms with E-state index in [1.54, 1.807) is 67.3 Å². The highest BCUT2D eigenvalue weighted by Gasteiger charge is 2.50. The number of rotatable bonds is 13. The summed E-state index contributed by atoms with van der Waals surface area (Å²) in [6.45, 7) is 13.6. The smallest absolute Gasteiger partial charge is 0.457 e. The van der Waals surface area contributed by atoms with Gasteiger partial charge < -0.3 is 49.3 Å². The van der Waals surface area contributed by atoms with E-state index in [0.29, 0.717) is 47.1 Å². The van der Waals surface area contributed by atoms with E-state index in [-0.39, 0.29) is 48.8 Å². The van der Waals surface area contributed by atoms with Gasteiger partial charge in [-0.3, -0.25) is 4.79 Å². The molecule has 3 aliphatic rings. The van der Waals surface area contributed by atoms with Gasteiger partial charge in [0.2, 0.25) is 5.60 Å². The Morgan fingerprint density at radius 1 is 0.919 bits per heavy atom. The molecule has 2 aromatic carbocycles. The quantitative estimate of drug-likeness (QED) is 0.0376. The van der Waals surface area contributed by atoms with Gasteiger partial charge in [0, 0.05) is 78.7 Å². The number of urea groups is 1. The Morgan fingerprint density at radius 2 is 1.63 bits per heavy atom. The Morgan fingerprint density at radius 3 is 2.31 bits per heavy atom. The van der Waals surface area contributed by atoms with Crippen LogP contribution in [0, 0.1) is 0 Å². The van der Waals surface area contributed by atoms with E-state index < -0.39 is 29.4 Å². The molecule has 1 atom stereocenters. The molecule has 0 spiro atoms. The minimum atomic E-state index is -1.85. The van der Waals surface area contributed by atoms with Gasteiger partial charge in [-0.2, -0.15) is 0 Å². The number of pyridine rings is 2. The number of hydrogen-bond acceptors (Lipinski definition) is 14. The molecule has 16 nitrogen and oxygen atoms in total. The number of alkyl carbamates (subject to hydrolysis) is 1. The molecule has 3 N–H and O–H groups in total. The number of aryl methyl sites for hydroxylation is 1. The maximum Gasteiger partial charge on any atom is 0.514 e. The molecule has 0 aliphatic carbocycles. The molecule has 2 aromatic heterocycles. The first-order chi connectivity index (χ1) is 29.7. The van der Waals surface area contributed by atoms with Crippen molar-refractivity contribution in [2.24, 2.45) is 0 Å². The van der Waals surface area contributed by atoms with Crippen LogP contribution in [0.25, 0.3) is 22.3 Å². The summed E-state index contributed by atoms with van der Waals surface area (Å²) in [6.07, 6.45) is -1.01. The zero-order valence-corrected chi connectivity index (χ0v) is 37.5. The van der Waals surface area contributed by atoms with Crippen molar-refractivity contribution in [2.45, 2.75) is 71.8 Å². The molecule has 0 saturated carbocycles. The van der Waals surface area contributed by atoms with Gasteiger partial charge in [0.15, 0.2) is 0 Å². The number of fused-ring (bicyclic) bond motifs is 5. The van der Waals surface area contributed by atoms with Gasteiger partial charge in [-0.25, -0.2) is 24.2 Å². The number of anilines is 2. The summed E-state index contributed by atoms with van der Waals surface area (Å²) in [6, 6.07) is 14.4. The van der Waals surface area contributed by atoms with E-state index in [1.807, 2.05) is 31.2 Å². The van der Waals surface area contributed by atoms with Gasteiger partial charge in [0.05, 0.1) is 29.0 Å². The molecule has 5 heterocycles. The van der Waals surface area contributed by atoms with E-state index >= 15 is 0 Å². The number of likely N-dealkylation sites (N-methyl/N-ethyl adjacent to an activating group) is 1. The van der Waals surface area contributed by atoms with Crippen molar-refractivity contribution in [3.05, 3.63) is 81.1 Å². The molecule has 0 radical (unpaired) electrons. The van der Waals surface area contributed by atoms with Crippen molar-refractivity contribution >= 4 is 68.1 Å². The predicted octanol–water partition coefficient (Wildman–Crippen LogP) is 6.64. The number of carbonyl (C=O) groups is 4. The highest BCUT2D eigenvalue weighted by molar-refractivity contribution is 8.76. The first-order valence-corrected chi connectivity index (χ1v) is 23.3. The summed E-state index contributed by atoms with van der Waals surface area (Å²) < 4.78 is 23.8. The van der Waals surface area contributed by atoms with Crippen molar-refractivity contribution < 1.29 is 38.1 Å². The van der Waals surface area contributed by atoms with Crippen LogP contribution in [0.1, 0.15) is 63.3 Å². The lowest BCUT2D eigenvalue weighted by Crippen LogP contribution is -2.49. The van der Waals surface area contributed by atoms with E-state index in [4.69, 9.17) is 23.9 Å². The summed E-state index contributed by atoms with van der Waals surface area (Å²) in [7, 11) is 5.19. The Kier molecular flexibility index (Phi) is 13.6. The number of nitrogens with zero attached hydrogens (tertiary/aromatic N) is 4. The molecule has 330 valence electrons. The first kappa shape index (κ1) is 44.6. The summed E-state index contributed by atoms with van der Waals surface area (Å²) in [4.78, 5) is 75.4. The second-order valence-corrected chi connectivity index (χ2v) is 19.0. The average Bonchev–Trinajstić information content (AvgIpc) is 3.60. The van der Waals surface area contributed by atoms with E-state index in [0.717, 1.165) is 54.1 Å². The topological polar surface area (TPSA) is 183 Å². The average molecular weight is 888 g/mol. The number of carbonyl (C=O) groups excluding carboxylic acids is 4. The second-order valence-electron chi connectivity index (χ2n) is 16.3. The molecule has 0 bridgehead atoms. The fourth-order valence-electron chi connectivity index (χ4n) is 7.84. The summed E-state index contributed by atoms with van der Waals surface area (Å²) >= 11 is 0. The highest BCUT2D eigenvalue weighted by atomic mass is 33.1. The predicted molar refractivity (Wildman–Crippen MR) is 241 cm³/mol. The fourth-order valence-corrected chi connectivity index (χ4v) is 9.65. The summed E-state index contributed by atoms with van der Waals surface area (Å²) in [5.41, 5.74) is 2.92. The lowest BCUT2D eigenvalue weighted by atomic mass is 9.85. The Balaban J connectivity index is 0.934. The lowest BCUT2D eigenvalue weighted by Gasteiger charge is -2.35. The molecule has 7 rings (SSSR count). The Bertz CT molecular complexity index is 2410. The minimum absolute atomic E-state index is 0.0287. The van der Waals surface area contributed by atoms with Crippen LogP contribution in [-0.4, -0.2) is 102 Å². The molecule has 62 heavy (non-hydrogen) atoms. The van der Waals surface area contributed by atoms with Crippen molar-refractivity contribution in [2.75, 3.05) is 68.0 Å². The van der Waals surface area contributed by atoms with Crippen LogP contribution in [0.4, 0.5) is 25.8 Å². The van der Waals surface area contributed by atoms with Crippen LogP contribution in [0.3, 0.4) is 0 Å². The van der Waals surface area contributed by atoms with Gasteiger partial charge in [0.1, 0.15) is 18.0 Å². The number of esters is 1. The van der Waals surface area contributed by atoms with Gasteiger partial charge in [-0.1, -0.05) is 35.4 Å². The van der Waals surface area contributed by atoms with Crippen molar-refractivity contribution in [1.29, 1.82) is 0 Å². The van der Waals surface area contributed by atoms with E-state index in [1.165, 1.54) is 10.8 Å². The second kappa shape index (κ2) is 18.9. The number of benzene rings is 2. The lowest BCUT2D eigenvalue weighted by molar-refractivity contribution is -0.172. The number of cyclic esters (lactones) is 1. The minimum Gasteiger partial charge on any atom is -0.457 e. The van der Waals surface area contributed by atoms with Crippen LogP contribution in [0.2, 0.25) is 0 Å². The number of hydrogen-bond donors (Lipinski definition) is 3. The van der Waals surface area contributed by atoms with Crippen LogP contribution in [0.15, 0.2) is 53.3 Å². The highest BCUT2D eigenvalue weighted by Crippen LogP contribution is 2.42. The van der Waals surface area contributed by atoms with Crippen LogP contribution in [-0.2, 0) is 44.2 Å². The van der Waals surface area contributed by atoms with Crippen molar-refractivity contribution in [3.8, 4) is 17.1 Å². The Hall–Kier alpha value is -5.46. The first-order valence-electron chi connectivity index (χ1n) is 20.8. The molecule has 0 unspecified atom stereocenters. The summed E-state index contributed by atoms with van der Waals surface area (Å²) in [5.74, 6) is 0.720. The SMILES string of the molecule is CCc1c2c(nc3ccc(OC(=O)OC(C)(C)C)cc13)-c1cc3c(c(=O)n1C2)COC(=O)[C@@]3(CC)OC(=O)NCCSSCCNC(=O)Nc1ccc(N2CCN(C)CC2)cc1. The molecule has 4 aromatic rings. The largest absolute Gasteiger partial charge is 0.514 e. The molecule has 18 heteroatoms. The molecular weight excluding hydrogens is 835 g/mol. The van der Waals surface area contributed by atoms with E-state index in [9.17, 15) is 24.0 Å². The normalized spacial score (nSPS) is 17.1. The van der Waals surface area contributed by atoms with Gasteiger partial charge in [-0.15, -0.1) is 0 Å². The molecule has 1 fully saturated rings. The van der Waals surface area contributed by atoms with Crippen LogP contribution >= 0.6 is 21.6 Å². The number of amides is 3. The van der Waals surface area contributed by atoms with Gasteiger partial charge in [0.25, 0.3) is 5.56 Å². The number of piperazine rings is 1. The van der Waals surface area contributed by atoms with Crippen LogP contribution in [0.5, 0.6) is 5.75 Å². The molecule has 3 amide bonds. The van der Waals surface area contributed by atoms with Gasteiger partial charge >= 0.3 is 24.2 Å². The maximum atomic E-state index is 14.1. The van der Waals surface area contributed by atoms with Crippen LogP contribution < -0.4 is 31.1 Å². The zero-order valence-electron chi connectivity index (χ0n) is 35.9. The third-order valence-electron chi connectivity index (χ3n) is 11.0. The standard InChI is InChI=1S/C44H53N7O9S2/c1-7-30-31-23-29(58-42(56)60-43(3,4)5)13-14-35(31)48-37-32(30)25-51-36(37)24-34-33(38(51)52)26-57-39(53)44(34,8-2)59-41(55)46-16-22-62-61-21-15-45-40(54)47-27-9-11-28(12-10-27)50-19-17-49(6)18-20-50/h9-14,23-24H,7-8,15-22,25-26H2,1-6H3,(H,46,55)(H2,45,47,54)/t44-/m0/s1.